The van der Waals surface area contributed by atoms with Gasteiger partial charge in [-0.1, -0.05) is 13.8 Å². The van der Waals surface area contributed by atoms with Gasteiger partial charge in [-0.3, -0.25) is 4.79 Å². The third kappa shape index (κ3) is 3.41. The van der Waals surface area contributed by atoms with Crippen LogP contribution in [0.2, 0.25) is 0 Å². The van der Waals surface area contributed by atoms with Gasteiger partial charge in [-0.05, 0) is 31.9 Å². The Bertz CT molecular complexity index is 1050. The third-order valence-electron chi connectivity index (χ3n) is 5.64. The summed E-state index contributed by atoms with van der Waals surface area (Å²) in [5.74, 6) is -1.32. The predicted octanol–water partition coefficient (Wildman–Crippen LogP) is 0.476. The highest BCUT2D eigenvalue weighted by molar-refractivity contribution is 5.75. The summed E-state index contributed by atoms with van der Waals surface area (Å²) >= 11 is 0. The van der Waals surface area contributed by atoms with E-state index in [1.165, 1.54) is 10.8 Å². The number of aromatic nitrogens is 3. The van der Waals surface area contributed by atoms with Crippen LogP contribution in [0.3, 0.4) is 0 Å². The van der Waals surface area contributed by atoms with Gasteiger partial charge in [0, 0.05) is 0 Å². The van der Waals surface area contributed by atoms with Crippen molar-refractivity contribution >= 4 is 17.3 Å². The van der Waals surface area contributed by atoms with E-state index < -0.39 is 41.7 Å². The summed E-state index contributed by atoms with van der Waals surface area (Å²) < 4.78 is 25.2. The minimum Gasteiger partial charge on any atom is -0.462 e. The van der Waals surface area contributed by atoms with E-state index in [4.69, 9.17) is 30.4 Å². The molecule has 2 saturated heterocycles. The molecule has 0 aromatic carbocycles. The Labute approximate surface area is 179 Å². The average Bonchev–Trinajstić information content (AvgIpc) is 3.36. The first-order valence-electron chi connectivity index (χ1n) is 10.1. The fraction of sp³-hybridized carbons (Fsp3) is 0.600. The van der Waals surface area contributed by atoms with Crippen molar-refractivity contribution in [1.82, 2.24) is 14.6 Å². The van der Waals surface area contributed by atoms with Gasteiger partial charge < -0.3 is 30.4 Å². The monoisotopic (exact) mass is 430 g/mol. The molecule has 2 aliphatic heterocycles. The number of hydrogen-bond acceptors (Lipinski definition) is 10. The highest BCUT2D eigenvalue weighted by Crippen LogP contribution is 2.49. The Morgan fingerprint density at radius 3 is 2.77 bits per heavy atom. The molecule has 0 radical (unpaired) electrons. The van der Waals surface area contributed by atoms with Gasteiger partial charge in [-0.25, -0.2) is 9.50 Å². The number of hydrogen-bond donors (Lipinski definition) is 2. The molecule has 0 amide bonds. The topological polar surface area (TPSA) is 160 Å². The molecule has 0 bridgehead atoms. The molecule has 0 saturated carbocycles. The van der Waals surface area contributed by atoms with E-state index in [1.807, 2.05) is 13.8 Å². The summed E-state index contributed by atoms with van der Waals surface area (Å²) in [7, 11) is 0. The van der Waals surface area contributed by atoms with Crippen LogP contribution in [-0.2, 0) is 29.3 Å². The lowest BCUT2D eigenvalue weighted by molar-refractivity contribution is -0.207. The van der Waals surface area contributed by atoms with Crippen molar-refractivity contribution in [3.8, 4) is 6.07 Å². The summed E-state index contributed by atoms with van der Waals surface area (Å²) in [6, 6.07) is 4.88. The highest BCUT2D eigenvalue weighted by Gasteiger charge is 2.65. The Morgan fingerprint density at radius 2 is 2.10 bits per heavy atom. The van der Waals surface area contributed by atoms with E-state index in [0.29, 0.717) is 11.2 Å². The van der Waals surface area contributed by atoms with Crippen LogP contribution in [0.5, 0.6) is 0 Å². The van der Waals surface area contributed by atoms with Crippen LogP contribution in [0.25, 0.3) is 5.52 Å². The number of nitrogen functional groups attached to an aromatic ring is 1. The van der Waals surface area contributed by atoms with Gasteiger partial charge in [-0.2, -0.15) is 10.4 Å². The molecule has 4 rings (SSSR count). The Morgan fingerprint density at radius 1 is 1.35 bits per heavy atom. The lowest BCUT2D eigenvalue weighted by Crippen LogP contribution is -2.40. The standard InChI is InChI=1S/C20H26N6O5/c1-10(2)14(22)18(27)28-7-12-15-16(31-19(3,4)30-15)20(8-21,29-12)13-6-5-11-17(23)24-9-25-26(11)13/h5-6,9-10,12,14-16H,7,22H2,1-4H3,(H2,23,24,25)/t12-,14+,15-,16-,20+/m1/s1. The Balaban J connectivity index is 1.69. The van der Waals surface area contributed by atoms with Gasteiger partial charge in [0.15, 0.2) is 11.6 Å². The maximum absolute atomic E-state index is 12.3. The zero-order valence-electron chi connectivity index (χ0n) is 17.8. The van der Waals surface area contributed by atoms with Crippen LogP contribution >= 0.6 is 0 Å². The molecule has 4 heterocycles. The number of nitrogens with zero attached hydrogens (tertiary/aromatic N) is 4. The summed E-state index contributed by atoms with van der Waals surface area (Å²) in [6.45, 7) is 7.03. The van der Waals surface area contributed by atoms with Crippen molar-refractivity contribution in [3.63, 3.8) is 0 Å². The number of carbonyl (C=O) groups excluding carboxylic acids is 1. The number of nitrogens with two attached hydrogens (primary N) is 2. The Kier molecular flexibility index (Phi) is 5.13. The molecule has 0 unspecified atom stereocenters. The third-order valence-corrected chi connectivity index (χ3v) is 5.64. The smallest absolute Gasteiger partial charge is 0.323 e. The van der Waals surface area contributed by atoms with Crippen LogP contribution in [0, 0.1) is 17.2 Å². The molecule has 4 N–H and O–H groups in total. The van der Waals surface area contributed by atoms with E-state index in [2.05, 4.69) is 16.2 Å². The van der Waals surface area contributed by atoms with Gasteiger partial charge >= 0.3 is 5.97 Å². The summed E-state index contributed by atoms with van der Waals surface area (Å²) in [6.07, 6.45) is -0.891. The number of carbonyl (C=O) groups is 1. The van der Waals surface area contributed by atoms with Gasteiger partial charge in [0.05, 0.1) is 5.69 Å². The van der Waals surface area contributed by atoms with Crippen molar-refractivity contribution < 1.29 is 23.7 Å². The van der Waals surface area contributed by atoms with Gasteiger partial charge in [0.25, 0.3) is 0 Å². The van der Waals surface area contributed by atoms with Crippen molar-refractivity contribution in [2.45, 2.75) is 63.4 Å². The second-order valence-electron chi connectivity index (χ2n) is 8.59. The first kappa shape index (κ1) is 21.5. The van der Waals surface area contributed by atoms with Crippen LogP contribution in [0.15, 0.2) is 18.5 Å². The first-order valence-corrected chi connectivity index (χ1v) is 10.1. The quantitative estimate of drug-likeness (QED) is 0.638. The lowest BCUT2D eigenvalue weighted by atomic mass is 9.92. The van der Waals surface area contributed by atoms with E-state index >= 15 is 0 Å². The molecule has 5 atom stereocenters. The number of ether oxygens (including phenoxy) is 4. The molecule has 2 aromatic heterocycles. The maximum Gasteiger partial charge on any atom is 0.323 e. The fourth-order valence-corrected chi connectivity index (χ4v) is 4.00. The second-order valence-corrected chi connectivity index (χ2v) is 8.59. The van der Waals surface area contributed by atoms with E-state index in [0.717, 1.165) is 0 Å². The van der Waals surface area contributed by atoms with Crippen LogP contribution < -0.4 is 11.5 Å². The van der Waals surface area contributed by atoms with Crippen molar-refractivity contribution in [2.24, 2.45) is 11.7 Å². The average molecular weight is 430 g/mol. The molecular weight excluding hydrogens is 404 g/mol. The number of fused-ring (bicyclic) bond motifs is 2. The lowest BCUT2D eigenvalue weighted by Gasteiger charge is -2.29. The predicted molar refractivity (Wildman–Crippen MR) is 107 cm³/mol. The zero-order valence-corrected chi connectivity index (χ0v) is 17.8. The SMILES string of the molecule is CC(C)[C@H](N)C(=O)OC[C@H]1O[C@@](C#N)(c2ccc3c(N)ncnn23)[C@@H]2OC(C)(C)O[C@@H]21. The maximum atomic E-state index is 12.3. The minimum absolute atomic E-state index is 0.0785. The number of esters is 1. The minimum atomic E-state index is -1.57. The number of anilines is 1. The summed E-state index contributed by atoms with van der Waals surface area (Å²) in [4.78, 5) is 16.2. The zero-order chi connectivity index (χ0) is 22.6. The summed E-state index contributed by atoms with van der Waals surface area (Å²) in [5.41, 5.74) is 11.2. The molecular formula is C20H26N6O5. The van der Waals surface area contributed by atoms with E-state index in [-0.39, 0.29) is 18.3 Å². The molecule has 11 heteroatoms. The van der Waals surface area contributed by atoms with Crippen molar-refractivity contribution in [2.75, 3.05) is 12.3 Å². The summed E-state index contributed by atoms with van der Waals surface area (Å²) in [5, 5.41) is 14.5. The Hall–Kier alpha value is -2.78. The van der Waals surface area contributed by atoms with Crippen molar-refractivity contribution in [1.29, 1.82) is 5.26 Å². The van der Waals surface area contributed by atoms with E-state index in [9.17, 15) is 10.1 Å². The largest absolute Gasteiger partial charge is 0.462 e. The molecule has 31 heavy (non-hydrogen) atoms. The van der Waals surface area contributed by atoms with E-state index in [1.54, 1.807) is 26.0 Å². The van der Waals surface area contributed by atoms with Crippen molar-refractivity contribution in [3.05, 3.63) is 24.2 Å². The molecule has 2 aliphatic rings. The molecule has 0 spiro atoms. The molecule has 2 aromatic rings. The number of rotatable bonds is 5. The molecule has 166 valence electrons. The molecule has 2 fully saturated rings. The van der Waals surface area contributed by atoms with Crippen LogP contribution in [0.4, 0.5) is 5.82 Å². The van der Waals surface area contributed by atoms with Gasteiger partial charge in [0.2, 0.25) is 5.60 Å². The molecule has 11 nitrogen and oxygen atoms in total. The fourth-order valence-electron chi connectivity index (χ4n) is 4.00. The normalized spacial score (nSPS) is 30.3. The molecule has 0 aliphatic carbocycles. The van der Waals surface area contributed by atoms with Crippen LogP contribution in [0.1, 0.15) is 33.4 Å². The second kappa shape index (κ2) is 7.42. The first-order chi connectivity index (χ1) is 14.6. The van der Waals surface area contributed by atoms with Gasteiger partial charge in [-0.15, -0.1) is 0 Å². The number of nitriles is 1. The van der Waals surface area contributed by atoms with Gasteiger partial charge in [0.1, 0.15) is 48.9 Å². The van der Waals surface area contributed by atoms with Crippen LogP contribution in [-0.4, -0.2) is 57.3 Å². The highest BCUT2D eigenvalue weighted by atomic mass is 16.8.